The summed E-state index contributed by atoms with van der Waals surface area (Å²) in [5, 5.41) is 20.3. The van der Waals surface area contributed by atoms with Gasteiger partial charge in [0.05, 0.1) is 22.3 Å². The summed E-state index contributed by atoms with van der Waals surface area (Å²) >= 11 is 6.64. The zero-order valence-electron chi connectivity index (χ0n) is 37.6. The van der Waals surface area contributed by atoms with Crippen LogP contribution in [0, 0.1) is 18.3 Å². The molecule has 0 aliphatic carbocycles. The van der Waals surface area contributed by atoms with Crippen molar-refractivity contribution in [2.24, 2.45) is 17.2 Å². The van der Waals surface area contributed by atoms with Gasteiger partial charge < -0.3 is 52.8 Å². The lowest BCUT2D eigenvalue weighted by Crippen LogP contribution is -2.56. The first kappa shape index (κ1) is 50.4. The van der Waals surface area contributed by atoms with Crippen molar-refractivity contribution in [2.45, 2.75) is 77.0 Å². The number of carbonyl (C=O) groups is 5. The molecule has 18 nitrogen and oxygen atoms in total. The molecule has 5 amide bonds. The average Bonchev–Trinajstić information content (AvgIpc) is 3.30. The summed E-state index contributed by atoms with van der Waals surface area (Å²) in [5.74, 6) is -2.33. The van der Waals surface area contributed by atoms with Crippen molar-refractivity contribution in [3.63, 3.8) is 0 Å². The number of nitriles is 1. The molecule has 1 aliphatic rings. The first-order valence-electron chi connectivity index (χ1n) is 21.8. The van der Waals surface area contributed by atoms with Crippen LogP contribution in [0.4, 0.5) is 0 Å². The van der Waals surface area contributed by atoms with Crippen LogP contribution in [0.3, 0.4) is 0 Å². The summed E-state index contributed by atoms with van der Waals surface area (Å²) in [7, 11) is 1.40. The van der Waals surface area contributed by atoms with Gasteiger partial charge in [-0.3, -0.25) is 24.0 Å². The van der Waals surface area contributed by atoms with E-state index < -0.39 is 53.7 Å². The second kappa shape index (κ2) is 24.0. The number of aryl methyl sites for hydroxylation is 2. The van der Waals surface area contributed by atoms with Gasteiger partial charge in [0.2, 0.25) is 23.6 Å². The van der Waals surface area contributed by atoms with Crippen LogP contribution in [-0.4, -0.2) is 109 Å². The Kier molecular flexibility index (Phi) is 18.3. The van der Waals surface area contributed by atoms with Gasteiger partial charge in [-0.2, -0.15) is 5.26 Å². The van der Waals surface area contributed by atoms with E-state index in [4.69, 9.17) is 43.5 Å². The van der Waals surface area contributed by atoms with Crippen LogP contribution in [0.25, 0.3) is 22.5 Å². The molecule has 0 saturated carbocycles. The topological polar surface area (TPSA) is 283 Å². The van der Waals surface area contributed by atoms with E-state index in [0.29, 0.717) is 55.9 Å². The first-order chi connectivity index (χ1) is 31.7. The number of halogens is 1. The number of benzene rings is 3. The summed E-state index contributed by atoms with van der Waals surface area (Å²) in [6, 6.07) is 12.7. The van der Waals surface area contributed by atoms with Crippen LogP contribution in [0.15, 0.2) is 60.8 Å². The van der Waals surface area contributed by atoms with E-state index in [9.17, 15) is 24.0 Å². The number of nitrogens with one attached hydrogen (secondary N) is 4. The quantitative estimate of drug-likeness (QED) is 0.0708. The predicted octanol–water partition coefficient (Wildman–Crippen LogP) is 2.62. The third-order valence-electron chi connectivity index (χ3n) is 10.9. The fourth-order valence-electron chi connectivity index (χ4n) is 7.46. The minimum Gasteiger partial charge on any atom is -0.492 e. The summed E-state index contributed by atoms with van der Waals surface area (Å²) < 4.78 is 12.2. The highest BCUT2D eigenvalue weighted by atomic mass is 35.5. The van der Waals surface area contributed by atoms with Gasteiger partial charge >= 0.3 is 0 Å². The van der Waals surface area contributed by atoms with Crippen molar-refractivity contribution in [3.05, 3.63) is 93.8 Å². The molecule has 3 aromatic carbocycles. The number of nitrogens with zero attached hydrogens (tertiary/aromatic N) is 4. The van der Waals surface area contributed by atoms with Crippen molar-refractivity contribution >= 4 is 41.1 Å². The molecular formula is C47H58ClN11O7. The number of carbonyl (C=O) groups excluding carboxylic acids is 5. The van der Waals surface area contributed by atoms with Crippen molar-refractivity contribution in [1.29, 1.82) is 5.26 Å². The Bertz CT molecular complexity index is 2450. The molecule has 1 aromatic heterocycles. The Hall–Kier alpha value is -6.65. The van der Waals surface area contributed by atoms with Crippen LogP contribution < -0.4 is 47.9 Å². The Morgan fingerprint density at radius 1 is 0.955 bits per heavy atom. The van der Waals surface area contributed by atoms with Gasteiger partial charge in [-0.15, -0.1) is 0 Å². The number of amides is 5. The molecule has 10 N–H and O–H groups in total. The van der Waals surface area contributed by atoms with Crippen LogP contribution >= 0.6 is 11.6 Å². The van der Waals surface area contributed by atoms with E-state index in [1.54, 1.807) is 43.3 Å². The highest BCUT2D eigenvalue weighted by Gasteiger charge is 2.36. The number of likely N-dealkylation sites (N-methyl/N-ethyl adjacent to an activating group) is 1. The lowest BCUT2D eigenvalue weighted by atomic mass is 9.93. The van der Waals surface area contributed by atoms with Gasteiger partial charge in [-0.1, -0.05) is 43.1 Å². The molecule has 0 spiro atoms. The normalized spacial score (nSPS) is 16.4. The monoisotopic (exact) mass is 923 g/mol. The standard InChI is InChI=1S/C47H58ClN11O7/c1-5-6-7-29-8-11-32(36(48)23-29)42-54-26-35(27(2)55-42)44(61)57-37(14-15-49)47(64)59(4)41-31-10-13-40(66-21-18-52)34(25-31)33-22-30(9-12-39(33)65-20-17-51)24-38(45(62)53-19-16-50)58-43(60)28(3)56-46(41)63/h8-13,22-23,25-26,28,37-38,41H,5-7,14-15,17-21,24,49,51-52H2,1-4H3,(H,53,62)(H,56,63)(H,57,61)(H,58,60)/t28-,37?,38-,41-/m0/s1. The van der Waals surface area contributed by atoms with Gasteiger partial charge in [0.15, 0.2) is 5.82 Å². The lowest BCUT2D eigenvalue weighted by molar-refractivity contribution is -0.141. The molecule has 4 bridgehead atoms. The average molecular weight is 925 g/mol. The molecular weight excluding hydrogens is 866 g/mol. The van der Waals surface area contributed by atoms with Gasteiger partial charge in [0.1, 0.15) is 55.4 Å². The highest BCUT2D eigenvalue weighted by Crippen LogP contribution is 2.40. The molecule has 5 rings (SSSR count). The minimum atomic E-state index is -1.41. The number of fused-ring (bicyclic) bond motifs is 5. The SMILES string of the molecule is CCCCc1ccc(-c2ncc(C(=O)NC(CCN)C(=O)N(C)[C@@H]3C(=O)N[C@@H](C)C(=O)N[C@H](C(=O)NCC#N)Cc4ccc(OCCN)c(c4)-c4cc3ccc4OCCN)c(C)n2)c(Cl)c1. The maximum atomic E-state index is 14.7. The smallest absolute Gasteiger partial charge is 0.255 e. The highest BCUT2D eigenvalue weighted by molar-refractivity contribution is 6.33. The van der Waals surface area contributed by atoms with E-state index >= 15 is 0 Å². The fourth-order valence-corrected chi connectivity index (χ4v) is 7.75. The number of hydrogen-bond donors (Lipinski definition) is 7. The summed E-state index contributed by atoms with van der Waals surface area (Å²) in [4.78, 5) is 80.4. The lowest BCUT2D eigenvalue weighted by Gasteiger charge is -2.32. The molecule has 66 heavy (non-hydrogen) atoms. The van der Waals surface area contributed by atoms with Crippen molar-refractivity contribution in [3.8, 4) is 40.1 Å². The van der Waals surface area contributed by atoms with Crippen LogP contribution in [0.5, 0.6) is 11.5 Å². The molecule has 1 aliphatic heterocycles. The van der Waals surface area contributed by atoms with Crippen molar-refractivity contribution in [1.82, 2.24) is 36.1 Å². The van der Waals surface area contributed by atoms with Crippen molar-refractivity contribution < 1.29 is 33.4 Å². The predicted molar refractivity (Wildman–Crippen MR) is 249 cm³/mol. The first-order valence-corrected chi connectivity index (χ1v) is 22.2. The summed E-state index contributed by atoms with van der Waals surface area (Å²) in [6.07, 6.45) is 4.32. The number of ether oxygens (including phenoxy) is 2. The van der Waals surface area contributed by atoms with Gasteiger partial charge in [0.25, 0.3) is 5.91 Å². The molecule has 0 saturated heterocycles. The number of hydrogen-bond acceptors (Lipinski definition) is 13. The second-order valence-corrected chi connectivity index (χ2v) is 16.2. The van der Waals surface area contributed by atoms with E-state index in [0.717, 1.165) is 24.8 Å². The van der Waals surface area contributed by atoms with Crippen molar-refractivity contribution in [2.75, 3.05) is 46.4 Å². The molecule has 0 radical (unpaired) electrons. The van der Waals surface area contributed by atoms with E-state index in [1.165, 1.54) is 25.1 Å². The second-order valence-electron chi connectivity index (χ2n) is 15.8. The number of aromatic nitrogens is 2. The zero-order chi connectivity index (χ0) is 47.9. The number of nitrogens with two attached hydrogens (primary N) is 3. The molecule has 350 valence electrons. The van der Waals surface area contributed by atoms with Gasteiger partial charge in [-0.05, 0) is 92.7 Å². The Morgan fingerprint density at radius 3 is 2.29 bits per heavy atom. The Labute approximate surface area is 389 Å². The molecule has 4 aromatic rings. The van der Waals surface area contributed by atoms with Gasteiger partial charge in [0, 0.05) is 49.4 Å². The molecule has 0 fully saturated rings. The summed E-state index contributed by atoms with van der Waals surface area (Å²) in [6.45, 7) is 5.53. The number of unbranched alkanes of at least 4 members (excludes halogenated alkanes) is 1. The van der Waals surface area contributed by atoms with Crippen LogP contribution in [-0.2, 0) is 32.0 Å². The Balaban J connectivity index is 1.55. The van der Waals surface area contributed by atoms with Crippen LogP contribution in [0.1, 0.15) is 71.9 Å². The largest absolute Gasteiger partial charge is 0.492 e. The van der Waals surface area contributed by atoms with E-state index in [2.05, 4.69) is 38.2 Å². The third-order valence-corrected chi connectivity index (χ3v) is 11.2. The van der Waals surface area contributed by atoms with E-state index in [1.807, 2.05) is 24.3 Å². The summed E-state index contributed by atoms with van der Waals surface area (Å²) in [5.41, 5.74) is 21.7. The maximum absolute atomic E-state index is 14.7. The molecule has 4 atom stereocenters. The fraction of sp³-hybridized carbons (Fsp3) is 0.404. The van der Waals surface area contributed by atoms with E-state index in [-0.39, 0.29) is 57.8 Å². The maximum Gasteiger partial charge on any atom is 0.255 e. The third kappa shape index (κ3) is 12.6. The molecule has 19 heteroatoms. The zero-order valence-corrected chi connectivity index (χ0v) is 38.4. The number of rotatable bonds is 18. The van der Waals surface area contributed by atoms with Gasteiger partial charge in [-0.25, -0.2) is 9.97 Å². The Morgan fingerprint density at radius 2 is 1.65 bits per heavy atom. The molecule has 2 heterocycles. The molecule has 1 unspecified atom stereocenters. The minimum absolute atomic E-state index is 0.00222. The van der Waals surface area contributed by atoms with Crippen LogP contribution in [0.2, 0.25) is 5.02 Å².